The van der Waals surface area contributed by atoms with Gasteiger partial charge in [-0.2, -0.15) is 4.72 Å². The van der Waals surface area contributed by atoms with Crippen molar-refractivity contribution in [3.05, 3.63) is 168 Å². The third-order valence-electron chi connectivity index (χ3n) is 6.47. The SMILES string of the molecule is O=P(/C(=C/c1ccccc1)C(NS(=O)(=O)c1ccccc1)c1ccccc1)(c1ccccc1)c1ccccc1. The maximum absolute atomic E-state index is 15.7. The van der Waals surface area contributed by atoms with Crippen LogP contribution in [0.25, 0.3) is 6.08 Å². The van der Waals surface area contributed by atoms with Gasteiger partial charge in [-0.3, -0.25) is 0 Å². The molecule has 5 aromatic carbocycles. The molecule has 0 saturated heterocycles. The molecular formula is C33H28NO3PS. The monoisotopic (exact) mass is 549 g/mol. The topological polar surface area (TPSA) is 63.2 Å². The molecule has 5 rings (SSSR count). The van der Waals surface area contributed by atoms with E-state index in [2.05, 4.69) is 4.72 Å². The molecule has 1 atom stereocenters. The lowest BCUT2D eigenvalue weighted by molar-refractivity contribution is 0.570. The van der Waals surface area contributed by atoms with E-state index in [0.717, 1.165) is 5.56 Å². The van der Waals surface area contributed by atoms with Crippen LogP contribution >= 0.6 is 7.14 Å². The third kappa shape index (κ3) is 5.86. The van der Waals surface area contributed by atoms with Crippen molar-refractivity contribution in [2.45, 2.75) is 10.9 Å². The first-order valence-corrected chi connectivity index (χ1v) is 15.8. The molecule has 0 radical (unpaired) electrons. The summed E-state index contributed by atoms with van der Waals surface area (Å²) in [7, 11) is -7.55. The van der Waals surface area contributed by atoms with Crippen LogP contribution in [0.4, 0.5) is 0 Å². The molecular weight excluding hydrogens is 521 g/mol. The molecule has 0 spiro atoms. The lowest BCUT2D eigenvalue weighted by atomic mass is 10.1. The van der Waals surface area contributed by atoms with Crippen molar-refractivity contribution in [3.63, 3.8) is 0 Å². The first kappa shape index (κ1) is 26.6. The smallest absolute Gasteiger partial charge is 0.241 e. The van der Waals surface area contributed by atoms with Crippen LogP contribution < -0.4 is 15.3 Å². The van der Waals surface area contributed by atoms with Gasteiger partial charge in [0, 0.05) is 15.9 Å². The average molecular weight is 550 g/mol. The molecule has 0 saturated carbocycles. The van der Waals surface area contributed by atoms with Crippen LogP contribution in [0, 0.1) is 0 Å². The summed E-state index contributed by atoms with van der Waals surface area (Å²) in [6.07, 6.45) is 1.87. The highest BCUT2D eigenvalue weighted by atomic mass is 32.2. The summed E-state index contributed by atoms with van der Waals surface area (Å²) in [4.78, 5) is 0.138. The molecule has 1 unspecified atom stereocenters. The van der Waals surface area contributed by atoms with Crippen LogP contribution in [0.1, 0.15) is 17.2 Å². The number of nitrogens with one attached hydrogen (secondary N) is 1. The zero-order chi connectivity index (χ0) is 27.1. The highest BCUT2D eigenvalue weighted by Crippen LogP contribution is 2.57. The maximum atomic E-state index is 15.7. The van der Waals surface area contributed by atoms with E-state index >= 15 is 4.57 Å². The van der Waals surface area contributed by atoms with Crippen LogP contribution in [0.15, 0.2) is 162 Å². The fourth-order valence-electron chi connectivity index (χ4n) is 4.57. The van der Waals surface area contributed by atoms with Crippen molar-refractivity contribution in [2.75, 3.05) is 0 Å². The summed E-state index contributed by atoms with van der Waals surface area (Å²) in [5, 5.41) is 1.72. The standard InChI is InChI=1S/C33H28NO3PS/c35-38(29-20-10-3-11-21-29,30-22-12-4-13-23-30)32(26-27-16-6-1-7-17-27)33(28-18-8-2-9-19-28)34-39(36,37)31-24-14-5-15-25-31/h1-26,33-34H/b32-26+. The Morgan fingerprint density at radius 1 is 0.590 bits per heavy atom. The molecule has 5 aromatic rings. The lowest BCUT2D eigenvalue weighted by Crippen LogP contribution is -2.32. The molecule has 0 heterocycles. The second kappa shape index (κ2) is 11.8. The Labute approximate surface area is 230 Å². The molecule has 1 N–H and O–H groups in total. The largest absolute Gasteiger partial charge is 0.309 e. The number of rotatable bonds is 9. The zero-order valence-corrected chi connectivity index (χ0v) is 22.9. The zero-order valence-electron chi connectivity index (χ0n) is 21.2. The number of hydrogen-bond donors (Lipinski definition) is 1. The first-order valence-electron chi connectivity index (χ1n) is 12.6. The van der Waals surface area contributed by atoms with Crippen molar-refractivity contribution < 1.29 is 13.0 Å². The molecule has 0 aliphatic rings. The van der Waals surface area contributed by atoms with E-state index in [-0.39, 0.29) is 4.90 Å². The van der Waals surface area contributed by atoms with E-state index < -0.39 is 23.2 Å². The van der Waals surface area contributed by atoms with Crippen LogP contribution in [0.5, 0.6) is 0 Å². The van der Waals surface area contributed by atoms with E-state index in [4.69, 9.17) is 0 Å². The molecule has 194 valence electrons. The fourth-order valence-corrected chi connectivity index (χ4v) is 8.87. The van der Waals surface area contributed by atoms with E-state index in [0.29, 0.717) is 21.5 Å². The minimum Gasteiger partial charge on any atom is -0.309 e. The summed E-state index contributed by atoms with van der Waals surface area (Å²) >= 11 is 0. The van der Waals surface area contributed by atoms with Gasteiger partial charge in [0.25, 0.3) is 0 Å². The van der Waals surface area contributed by atoms with Crippen molar-refractivity contribution >= 4 is 33.9 Å². The second-order valence-electron chi connectivity index (χ2n) is 9.04. The van der Waals surface area contributed by atoms with Gasteiger partial charge in [0.1, 0.15) is 0 Å². The maximum Gasteiger partial charge on any atom is 0.241 e. The molecule has 0 amide bonds. The van der Waals surface area contributed by atoms with Gasteiger partial charge in [0.15, 0.2) is 7.14 Å². The Morgan fingerprint density at radius 2 is 1.00 bits per heavy atom. The molecule has 0 aromatic heterocycles. The quantitative estimate of drug-likeness (QED) is 0.207. The van der Waals surface area contributed by atoms with Crippen LogP contribution in [-0.2, 0) is 14.6 Å². The number of benzene rings is 5. The summed E-state index contributed by atoms with van der Waals surface area (Å²) in [6.45, 7) is 0. The third-order valence-corrected chi connectivity index (χ3v) is 11.1. The summed E-state index contributed by atoms with van der Waals surface area (Å²) < 4.78 is 46.1. The van der Waals surface area contributed by atoms with Crippen molar-refractivity contribution in [1.29, 1.82) is 0 Å². The molecule has 0 bridgehead atoms. The van der Waals surface area contributed by atoms with Gasteiger partial charge in [-0.15, -0.1) is 0 Å². The Kier molecular flexibility index (Phi) is 8.04. The highest BCUT2D eigenvalue weighted by molar-refractivity contribution is 7.89. The number of hydrogen-bond acceptors (Lipinski definition) is 3. The average Bonchev–Trinajstić information content (AvgIpc) is 3.01. The summed E-state index contributed by atoms with van der Waals surface area (Å²) in [5.41, 5.74) is 1.51. The van der Waals surface area contributed by atoms with E-state index in [9.17, 15) is 8.42 Å². The van der Waals surface area contributed by atoms with E-state index in [1.165, 1.54) is 0 Å². The molecule has 0 aliphatic heterocycles. The molecule has 0 aliphatic carbocycles. The molecule has 0 fully saturated rings. The van der Waals surface area contributed by atoms with E-state index in [1.807, 2.05) is 127 Å². The van der Waals surface area contributed by atoms with Gasteiger partial charge >= 0.3 is 0 Å². The normalized spacial score (nSPS) is 13.1. The predicted octanol–water partition coefficient (Wildman–Crippen LogP) is 6.76. The minimum absolute atomic E-state index is 0.138. The Morgan fingerprint density at radius 3 is 1.49 bits per heavy atom. The Balaban J connectivity index is 1.81. The van der Waals surface area contributed by atoms with Gasteiger partial charge in [-0.25, -0.2) is 8.42 Å². The lowest BCUT2D eigenvalue weighted by Gasteiger charge is -2.30. The predicted molar refractivity (Wildman–Crippen MR) is 160 cm³/mol. The van der Waals surface area contributed by atoms with Gasteiger partial charge in [0.05, 0.1) is 10.9 Å². The van der Waals surface area contributed by atoms with Crippen LogP contribution in [0.2, 0.25) is 0 Å². The van der Waals surface area contributed by atoms with Gasteiger partial charge in [-0.1, -0.05) is 140 Å². The Hall–Kier alpha value is -4.02. The fraction of sp³-hybridized carbons (Fsp3) is 0.0303. The van der Waals surface area contributed by atoms with Crippen LogP contribution in [-0.4, -0.2) is 8.42 Å². The summed E-state index contributed by atoms with van der Waals surface area (Å²) in [6, 6.07) is 44.8. The Bertz CT molecular complexity index is 1650. The van der Waals surface area contributed by atoms with Gasteiger partial charge < -0.3 is 4.57 Å². The molecule has 4 nitrogen and oxygen atoms in total. The van der Waals surface area contributed by atoms with Gasteiger partial charge in [0.2, 0.25) is 10.0 Å². The van der Waals surface area contributed by atoms with E-state index in [1.54, 1.807) is 30.3 Å². The van der Waals surface area contributed by atoms with Crippen molar-refractivity contribution in [1.82, 2.24) is 4.72 Å². The summed E-state index contributed by atoms with van der Waals surface area (Å²) in [5.74, 6) is 0. The van der Waals surface area contributed by atoms with Gasteiger partial charge in [-0.05, 0) is 29.3 Å². The first-order chi connectivity index (χ1) is 19.0. The van der Waals surface area contributed by atoms with Crippen molar-refractivity contribution in [3.8, 4) is 0 Å². The highest BCUT2D eigenvalue weighted by Gasteiger charge is 2.38. The minimum atomic E-state index is -3.98. The molecule has 6 heteroatoms. The number of sulfonamides is 1. The second-order valence-corrected chi connectivity index (χ2v) is 13.5. The van der Waals surface area contributed by atoms with Crippen molar-refractivity contribution in [2.24, 2.45) is 0 Å². The molecule has 39 heavy (non-hydrogen) atoms. The van der Waals surface area contributed by atoms with Crippen LogP contribution in [0.3, 0.4) is 0 Å².